The second-order valence-corrected chi connectivity index (χ2v) is 6.44. The van der Waals surface area contributed by atoms with Gasteiger partial charge in [-0.2, -0.15) is 0 Å². The molecule has 1 fully saturated rings. The molecule has 1 saturated heterocycles. The van der Waals surface area contributed by atoms with E-state index in [2.05, 4.69) is 36.7 Å². The van der Waals surface area contributed by atoms with Gasteiger partial charge in [0.15, 0.2) is 5.96 Å². The molecule has 8 heteroatoms. The Hall–Kier alpha value is -1.58. The summed E-state index contributed by atoms with van der Waals surface area (Å²) in [5.74, 6) is 3.07. The van der Waals surface area contributed by atoms with Gasteiger partial charge >= 0.3 is 0 Å². The number of nitrogens with zero attached hydrogens (tertiary/aromatic N) is 5. The predicted molar refractivity (Wildman–Crippen MR) is 108 cm³/mol. The van der Waals surface area contributed by atoms with Crippen LogP contribution in [0.4, 0.5) is 0 Å². The average molecular weight is 458 g/mol. The molecule has 0 spiro atoms. The molecular formula is C17H27IN6O. The zero-order valence-corrected chi connectivity index (χ0v) is 17.6. The van der Waals surface area contributed by atoms with Gasteiger partial charge in [0.1, 0.15) is 5.76 Å². The number of nitrogens with one attached hydrogen (secondary N) is 1. The highest BCUT2D eigenvalue weighted by atomic mass is 127. The monoisotopic (exact) mass is 458 g/mol. The lowest BCUT2D eigenvalue weighted by atomic mass is 9.93. The van der Waals surface area contributed by atoms with Crippen LogP contribution in [0.15, 0.2) is 28.1 Å². The third-order valence-corrected chi connectivity index (χ3v) is 4.81. The van der Waals surface area contributed by atoms with Crippen LogP contribution >= 0.6 is 24.0 Å². The molecule has 2 atom stereocenters. The summed E-state index contributed by atoms with van der Waals surface area (Å²) in [6, 6.07) is 0.408. The smallest absolute Gasteiger partial charge is 0.214 e. The molecule has 2 unspecified atom stereocenters. The summed E-state index contributed by atoms with van der Waals surface area (Å²) < 4.78 is 7.83. The van der Waals surface area contributed by atoms with E-state index < -0.39 is 0 Å². The minimum atomic E-state index is 0. The molecule has 3 rings (SSSR count). The number of rotatable bonds is 3. The van der Waals surface area contributed by atoms with E-state index in [1.54, 1.807) is 0 Å². The highest BCUT2D eigenvalue weighted by Crippen LogP contribution is 2.27. The Bertz CT molecular complexity index is 677. The highest BCUT2D eigenvalue weighted by Gasteiger charge is 2.28. The zero-order chi connectivity index (χ0) is 17.1. The molecular weight excluding hydrogens is 431 g/mol. The van der Waals surface area contributed by atoms with Crippen molar-refractivity contribution in [1.29, 1.82) is 0 Å². The molecule has 3 heterocycles. The summed E-state index contributed by atoms with van der Waals surface area (Å²) in [5.41, 5.74) is 0.939. The minimum absolute atomic E-state index is 0. The Morgan fingerprint density at radius 1 is 1.44 bits per heavy atom. The van der Waals surface area contributed by atoms with Crippen molar-refractivity contribution in [3.63, 3.8) is 0 Å². The number of aryl methyl sites for hydroxylation is 2. The van der Waals surface area contributed by atoms with Crippen LogP contribution in [0, 0.1) is 19.8 Å². The van der Waals surface area contributed by atoms with Crippen LogP contribution in [0.3, 0.4) is 0 Å². The van der Waals surface area contributed by atoms with E-state index >= 15 is 0 Å². The predicted octanol–water partition coefficient (Wildman–Crippen LogP) is 2.76. The Balaban J connectivity index is 0.00000225. The first-order chi connectivity index (χ1) is 11.6. The fourth-order valence-electron chi connectivity index (χ4n) is 3.20. The topological polar surface area (TPSA) is 71.5 Å². The number of aromatic nitrogens is 3. The molecule has 1 aliphatic rings. The quantitative estimate of drug-likeness (QED) is 0.435. The van der Waals surface area contributed by atoms with Gasteiger partial charge in [0, 0.05) is 32.5 Å². The highest BCUT2D eigenvalue weighted by molar-refractivity contribution is 14.0. The number of oxazole rings is 1. The van der Waals surface area contributed by atoms with E-state index in [0.29, 0.717) is 24.4 Å². The average Bonchev–Trinajstić information content (AvgIpc) is 3.20. The van der Waals surface area contributed by atoms with Crippen molar-refractivity contribution < 1.29 is 4.42 Å². The number of likely N-dealkylation sites (tertiary alicyclic amines) is 1. The van der Waals surface area contributed by atoms with Crippen molar-refractivity contribution in [2.75, 3.05) is 20.1 Å². The minimum Gasteiger partial charge on any atom is -0.444 e. The lowest BCUT2D eigenvalue weighted by Crippen LogP contribution is -2.48. The Morgan fingerprint density at radius 2 is 2.24 bits per heavy atom. The van der Waals surface area contributed by atoms with Crippen molar-refractivity contribution in [3.05, 3.63) is 36.1 Å². The van der Waals surface area contributed by atoms with E-state index in [1.165, 1.54) is 0 Å². The molecule has 0 aromatic carbocycles. The standard InChI is InChI=1S/C17H26N6O.HI/c1-12-5-7-22(10-15(12)23-8-6-19-11-23)17(18-4)20-9-16-21-13(2)14(3)24-16;/h6,8,11-12,15H,5,7,9-10H2,1-4H3,(H,18,20);1H. The molecule has 0 radical (unpaired) electrons. The molecule has 0 bridgehead atoms. The molecule has 0 saturated carbocycles. The van der Waals surface area contributed by atoms with Crippen molar-refractivity contribution in [3.8, 4) is 0 Å². The van der Waals surface area contributed by atoms with Gasteiger partial charge in [-0.25, -0.2) is 9.97 Å². The van der Waals surface area contributed by atoms with Crippen LogP contribution in [0.1, 0.15) is 36.7 Å². The van der Waals surface area contributed by atoms with Crippen molar-refractivity contribution in [1.82, 2.24) is 24.8 Å². The van der Waals surface area contributed by atoms with Gasteiger partial charge in [-0.1, -0.05) is 6.92 Å². The van der Waals surface area contributed by atoms with Gasteiger partial charge in [-0.3, -0.25) is 4.99 Å². The number of imidazole rings is 1. The van der Waals surface area contributed by atoms with E-state index in [4.69, 9.17) is 4.42 Å². The summed E-state index contributed by atoms with van der Waals surface area (Å²) >= 11 is 0. The lowest BCUT2D eigenvalue weighted by Gasteiger charge is -2.39. The summed E-state index contributed by atoms with van der Waals surface area (Å²) in [6.07, 6.45) is 6.91. The molecule has 1 N–H and O–H groups in total. The number of hydrogen-bond donors (Lipinski definition) is 1. The Labute approximate surface area is 165 Å². The summed E-state index contributed by atoms with van der Waals surface area (Å²) in [6.45, 7) is 8.65. The van der Waals surface area contributed by atoms with Crippen LogP contribution < -0.4 is 5.32 Å². The molecule has 1 aliphatic heterocycles. The van der Waals surface area contributed by atoms with Crippen molar-refractivity contribution >= 4 is 29.9 Å². The molecule has 25 heavy (non-hydrogen) atoms. The number of guanidine groups is 1. The number of piperidine rings is 1. The number of aliphatic imine (C=N–C) groups is 1. The molecule has 0 aliphatic carbocycles. The maximum atomic E-state index is 5.63. The third-order valence-electron chi connectivity index (χ3n) is 4.81. The fraction of sp³-hybridized carbons (Fsp3) is 0.588. The second kappa shape index (κ2) is 8.68. The van der Waals surface area contributed by atoms with Crippen molar-refractivity contribution in [2.24, 2.45) is 10.9 Å². The van der Waals surface area contributed by atoms with Crippen LogP contribution in [-0.4, -0.2) is 45.5 Å². The molecule has 0 amide bonds. The number of hydrogen-bond acceptors (Lipinski definition) is 4. The third kappa shape index (κ3) is 4.53. The van der Waals surface area contributed by atoms with Crippen LogP contribution in [0.25, 0.3) is 0 Å². The first-order valence-electron chi connectivity index (χ1n) is 8.44. The van der Waals surface area contributed by atoms with E-state index in [-0.39, 0.29) is 24.0 Å². The molecule has 138 valence electrons. The van der Waals surface area contributed by atoms with E-state index in [9.17, 15) is 0 Å². The SMILES string of the molecule is CN=C(NCc1nc(C)c(C)o1)N1CCC(C)C(n2ccnc2)C1.I. The largest absolute Gasteiger partial charge is 0.444 e. The second-order valence-electron chi connectivity index (χ2n) is 6.44. The normalized spacial score (nSPS) is 21.1. The fourth-order valence-corrected chi connectivity index (χ4v) is 3.20. The lowest BCUT2D eigenvalue weighted by molar-refractivity contribution is 0.188. The maximum absolute atomic E-state index is 5.63. The summed E-state index contributed by atoms with van der Waals surface area (Å²) in [4.78, 5) is 15.3. The van der Waals surface area contributed by atoms with Gasteiger partial charge in [-0.05, 0) is 26.2 Å². The van der Waals surface area contributed by atoms with Crippen molar-refractivity contribution in [2.45, 2.75) is 39.8 Å². The molecule has 2 aromatic heterocycles. The van der Waals surface area contributed by atoms with Gasteiger partial charge < -0.3 is 19.2 Å². The van der Waals surface area contributed by atoms with E-state index in [1.807, 2.05) is 39.6 Å². The first kappa shape index (κ1) is 19.7. The molecule has 2 aromatic rings. The summed E-state index contributed by atoms with van der Waals surface area (Å²) in [5, 5.41) is 3.37. The van der Waals surface area contributed by atoms with Crippen LogP contribution in [0.5, 0.6) is 0 Å². The summed E-state index contributed by atoms with van der Waals surface area (Å²) in [7, 11) is 1.82. The van der Waals surface area contributed by atoms with Crippen LogP contribution in [-0.2, 0) is 6.54 Å². The van der Waals surface area contributed by atoms with Gasteiger partial charge in [0.05, 0.1) is 24.6 Å². The zero-order valence-electron chi connectivity index (χ0n) is 15.3. The first-order valence-corrected chi connectivity index (χ1v) is 8.44. The Morgan fingerprint density at radius 3 is 2.84 bits per heavy atom. The van der Waals surface area contributed by atoms with Gasteiger partial charge in [-0.15, -0.1) is 24.0 Å². The van der Waals surface area contributed by atoms with Gasteiger partial charge in [0.2, 0.25) is 5.89 Å². The number of halogens is 1. The molecule has 7 nitrogen and oxygen atoms in total. The Kier molecular flexibility index (Phi) is 6.86. The van der Waals surface area contributed by atoms with E-state index in [0.717, 1.165) is 36.9 Å². The van der Waals surface area contributed by atoms with Gasteiger partial charge in [0.25, 0.3) is 0 Å². The maximum Gasteiger partial charge on any atom is 0.214 e. The van der Waals surface area contributed by atoms with Crippen LogP contribution in [0.2, 0.25) is 0 Å².